The Bertz CT molecular complexity index is 841. The summed E-state index contributed by atoms with van der Waals surface area (Å²) < 4.78 is 0. The molecule has 0 radical (unpaired) electrons. The van der Waals surface area contributed by atoms with Crippen LogP contribution in [0.5, 0.6) is 0 Å². The number of allylic oxidation sites excluding steroid dienone is 1. The summed E-state index contributed by atoms with van der Waals surface area (Å²) in [4.78, 5) is 8.46. The Morgan fingerprint density at radius 3 is 1.72 bits per heavy atom. The van der Waals surface area contributed by atoms with E-state index in [1.54, 1.807) is 23.5 Å². The SMILES string of the molecule is C/C(=C/C(=Nc1ccccc1)Sc1ccccc1)Sc1ccccc1. The lowest BCUT2D eigenvalue weighted by Crippen LogP contribution is -1.88. The van der Waals surface area contributed by atoms with Crippen molar-refractivity contribution >= 4 is 34.3 Å². The monoisotopic (exact) mass is 361 g/mol. The number of benzene rings is 3. The van der Waals surface area contributed by atoms with Crippen molar-refractivity contribution in [3.63, 3.8) is 0 Å². The molecule has 3 heteroatoms. The molecule has 0 saturated heterocycles. The molecule has 25 heavy (non-hydrogen) atoms. The van der Waals surface area contributed by atoms with Gasteiger partial charge >= 0.3 is 0 Å². The van der Waals surface area contributed by atoms with Gasteiger partial charge in [-0.3, -0.25) is 0 Å². The van der Waals surface area contributed by atoms with Crippen molar-refractivity contribution in [2.75, 3.05) is 0 Å². The van der Waals surface area contributed by atoms with Gasteiger partial charge < -0.3 is 0 Å². The molecule has 0 atom stereocenters. The number of aliphatic imine (C=N–C) groups is 1. The summed E-state index contributed by atoms with van der Waals surface area (Å²) in [6, 6.07) is 30.9. The summed E-state index contributed by atoms with van der Waals surface area (Å²) in [6.45, 7) is 2.13. The average Bonchev–Trinajstić information content (AvgIpc) is 2.64. The van der Waals surface area contributed by atoms with E-state index in [0.717, 1.165) is 10.7 Å². The molecule has 1 nitrogen and oxygen atoms in total. The van der Waals surface area contributed by atoms with Gasteiger partial charge in [0.2, 0.25) is 0 Å². The topological polar surface area (TPSA) is 12.4 Å². The average molecular weight is 362 g/mol. The van der Waals surface area contributed by atoms with Crippen LogP contribution in [0.4, 0.5) is 5.69 Å². The van der Waals surface area contributed by atoms with Gasteiger partial charge in [0.15, 0.2) is 0 Å². The molecule has 0 fully saturated rings. The first kappa shape index (κ1) is 17.6. The van der Waals surface area contributed by atoms with Crippen LogP contribution in [-0.2, 0) is 0 Å². The van der Waals surface area contributed by atoms with Crippen LogP contribution in [0.3, 0.4) is 0 Å². The summed E-state index contributed by atoms with van der Waals surface area (Å²) in [6.07, 6.45) is 2.16. The van der Waals surface area contributed by atoms with Crippen LogP contribution in [0, 0.1) is 0 Å². The van der Waals surface area contributed by atoms with Crippen molar-refractivity contribution in [3.05, 3.63) is 102 Å². The van der Waals surface area contributed by atoms with Crippen LogP contribution in [0.25, 0.3) is 0 Å². The zero-order chi connectivity index (χ0) is 17.3. The Hall–Kier alpha value is -2.23. The van der Waals surface area contributed by atoms with Crippen molar-refractivity contribution in [2.45, 2.75) is 16.7 Å². The Kier molecular flexibility index (Phi) is 6.55. The zero-order valence-corrected chi connectivity index (χ0v) is 15.6. The molecule has 124 valence electrons. The maximum absolute atomic E-state index is 4.83. The highest BCUT2D eigenvalue weighted by molar-refractivity contribution is 8.14. The molecule has 0 aromatic heterocycles. The van der Waals surface area contributed by atoms with Crippen LogP contribution in [0.15, 0.2) is 117 Å². The minimum Gasteiger partial charge on any atom is -0.242 e. The van der Waals surface area contributed by atoms with E-state index in [-0.39, 0.29) is 0 Å². The lowest BCUT2D eigenvalue weighted by Gasteiger charge is -2.05. The largest absolute Gasteiger partial charge is 0.242 e. The van der Waals surface area contributed by atoms with Crippen molar-refractivity contribution in [1.82, 2.24) is 0 Å². The highest BCUT2D eigenvalue weighted by Crippen LogP contribution is 2.29. The molecule has 0 bridgehead atoms. The van der Waals surface area contributed by atoms with Gasteiger partial charge in [0.25, 0.3) is 0 Å². The number of rotatable bonds is 5. The van der Waals surface area contributed by atoms with Gasteiger partial charge in [-0.2, -0.15) is 0 Å². The molecule has 0 saturated carbocycles. The van der Waals surface area contributed by atoms with E-state index in [0.29, 0.717) is 0 Å². The van der Waals surface area contributed by atoms with E-state index in [1.165, 1.54) is 14.7 Å². The van der Waals surface area contributed by atoms with Gasteiger partial charge in [0.05, 0.1) is 5.69 Å². The lowest BCUT2D eigenvalue weighted by atomic mass is 10.3. The first-order valence-electron chi connectivity index (χ1n) is 8.07. The first-order chi connectivity index (χ1) is 12.3. The molecule has 0 spiro atoms. The minimum atomic E-state index is 0.967. The Labute approximate surface area is 157 Å². The van der Waals surface area contributed by atoms with Gasteiger partial charge in [-0.25, -0.2) is 4.99 Å². The third-order valence-corrected chi connectivity index (χ3v) is 5.18. The molecule has 0 amide bonds. The number of hydrogen-bond donors (Lipinski definition) is 0. The Morgan fingerprint density at radius 1 is 0.680 bits per heavy atom. The van der Waals surface area contributed by atoms with Crippen molar-refractivity contribution in [2.24, 2.45) is 4.99 Å². The maximum Gasteiger partial charge on any atom is 0.102 e. The molecular formula is C22H19NS2. The molecule has 0 N–H and O–H groups in total. The van der Waals surface area contributed by atoms with Crippen LogP contribution >= 0.6 is 23.5 Å². The smallest absolute Gasteiger partial charge is 0.102 e. The van der Waals surface area contributed by atoms with Crippen LogP contribution in [-0.4, -0.2) is 5.04 Å². The number of hydrogen-bond acceptors (Lipinski definition) is 3. The highest BCUT2D eigenvalue weighted by atomic mass is 32.2. The van der Waals surface area contributed by atoms with E-state index in [4.69, 9.17) is 4.99 Å². The molecule has 0 aliphatic heterocycles. The molecule has 3 aromatic carbocycles. The first-order valence-corrected chi connectivity index (χ1v) is 9.71. The van der Waals surface area contributed by atoms with E-state index >= 15 is 0 Å². The van der Waals surface area contributed by atoms with Crippen LogP contribution < -0.4 is 0 Å². The molecular weight excluding hydrogens is 342 g/mol. The normalized spacial score (nSPS) is 12.2. The third-order valence-electron chi connectivity index (χ3n) is 3.31. The van der Waals surface area contributed by atoms with Crippen molar-refractivity contribution in [1.29, 1.82) is 0 Å². The van der Waals surface area contributed by atoms with Gasteiger partial charge in [-0.05, 0) is 54.3 Å². The molecule has 0 aliphatic carbocycles. The van der Waals surface area contributed by atoms with Gasteiger partial charge in [0, 0.05) is 9.79 Å². The Balaban J connectivity index is 1.85. The van der Waals surface area contributed by atoms with E-state index < -0.39 is 0 Å². The number of nitrogens with zero attached hydrogens (tertiary/aromatic N) is 1. The van der Waals surface area contributed by atoms with E-state index in [2.05, 4.69) is 61.5 Å². The standard InChI is InChI=1S/C22H19NS2/c1-18(24-20-13-7-3-8-14-20)17-22(23-19-11-5-2-6-12-19)25-21-15-9-4-10-16-21/h2-17H,1H3/b18-17-,23-22?. The minimum absolute atomic E-state index is 0.967. The van der Waals surface area contributed by atoms with Crippen LogP contribution in [0.2, 0.25) is 0 Å². The second-order valence-corrected chi connectivity index (χ2v) is 7.78. The summed E-state index contributed by atoms with van der Waals surface area (Å²) in [5.74, 6) is 0. The van der Waals surface area contributed by atoms with E-state index in [1.807, 2.05) is 42.5 Å². The van der Waals surface area contributed by atoms with E-state index in [9.17, 15) is 0 Å². The number of para-hydroxylation sites is 1. The van der Waals surface area contributed by atoms with Crippen molar-refractivity contribution < 1.29 is 0 Å². The predicted molar refractivity (Wildman–Crippen MR) is 112 cm³/mol. The second kappa shape index (κ2) is 9.30. The second-order valence-electron chi connectivity index (χ2n) is 5.37. The van der Waals surface area contributed by atoms with Gasteiger partial charge in [0.1, 0.15) is 5.04 Å². The van der Waals surface area contributed by atoms with Gasteiger partial charge in [-0.15, -0.1) is 0 Å². The zero-order valence-electron chi connectivity index (χ0n) is 14.0. The lowest BCUT2D eigenvalue weighted by molar-refractivity contribution is 1.46. The summed E-state index contributed by atoms with van der Waals surface area (Å²) >= 11 is 3.44. The predicted octanol–water partition coefficient (Wildman–Crippen LogP) is 7.21. The van der Waals surface area contributed by atoms with Crippen LogP contribution in [0.1, 0.15) is 6.92 Å². The number of thioether (sulfide) groups is 2. The third kappa shape index (κ3) is 5.96. The summed E-state index contributed by atoms with van der Waals surface area (Å²) in [5.41, 5.74) is 0.967. The molecule has 3 rings (SSSR count). The highest BCUT2D eigenvalue weighted by Gasteiger charge is 2.03. The fraction of sp³-hybridized carbons (Fsp3) is 0.0455. The molecule has 0 aliphatic rings. The fourth-order valence-corrected chi connectivity index (χ4v) is 4.03. The molecule has 0 unspecified atom stereocenters. The summed E-state index contributed by atoms with van der Waals surface area (Å²) in [7, 11) is 0. The maximum atomic E-state index is 4.83. The Morgan fingerprint density at radius 2 is 1.16 bits per heavy atom. The molecule has 3 aromatic rings. The fourth-order valence-electron chi connectivity index (χ4n) is 2.20. The van der Waals surface area contributed by atoms with Crippen molar-refractivity contribution in [3.8, 4) is 0 Å². The molecule has 0 heterocycles. The summed E-state index contributed by atoms with van der Waals surface area (Å²) in [5, 5.41) is 0.985. The quantitative estimate of drug-likeness (QED) is 0.270. The van der Waals surface area contributed by atoms with Gasteiger partial charge in [-0.1, -0.05) is 78.1 Å².